The average molecular weight is 326 g/mol. The summed E-state index contributed by atoms with van der Waals surface area (Å²) in [4.78, 5) is 4.33. The van der Waals surface area contributed by atoms with Crippen LogP contribution in [0, 0.1) is 0 Å². The fourth-order valence-corrected chi connectivity index (χ4v) is 2.67. The largest absolute Gasteiger partial charge is 0.490 e. The van der Waals surface area contributed by atoms with E-state index in [0.29, 0.717) is 30.5 Å². The molecule has 2 unspecified atom stereocenters. The molecule has 5 nitrogen and oxygen atoms in total. The topological polar surface area (TPSA) is 63.1 Å². The zero-order chi connectivity index (χ0) is 16.8. The number of benzene rings is 2. The number of aliphatic hydroxyl groups excluding tert-OH is 1. The number of hydrogen-bond acceptors (Lipinski definition) is 5. The first-order chi connectivity index (χ1) is 11.8. The Morgan fingerprint density at radius 2 is 1.79 bits per heavy atom. The number of aliphatic imine (C=N–C) groups is 1. The normalized spacial score (nSPS) is 16.0. The summed E-state index contributed by atoms with van der Waals surface area (Å²) in [6, 6.07) is 17.2. The molecule has 5 heteroatoms. The minimum atomic E-state index is -0.871. The van der Waals surface area contributed by atoms with Crippen LogP contribution in [0.5, 0.6) is 11.5 Å². The third kappa shape index (κ3) is 3.68. The second-order valence-electron chi connectivity index (χ2n) is 5.47. The molecule has 0 aliphatic carbocycles. The summed E-state index contributed by atoms with van der Waals surface area (Å²) in [5.74, 6) is 1.83. The maximum atomic E-state index is 10.8. The van der Waals surface area contributed by atoms with Gasteiger partial charge in [-0.2, -0.15) is 0 Å². The monoisotopic (exact) mass is 326 g/mol. The van der Waals surface area contributed by atoms with Gasteiger partial charge in [0.15, 0.2) is 23.7 Å². The van der Waals surface area contributed by atoms with E-state index >= 15 is 0 Å². The number of nitrogens with zero attached hydrogens (tertiary/aromatic N) is 1. The molecule has 0 fully saturated rings. The van der Waals surface area contributed by atoms with Gasteiger partial charge in [0.05, 0.1) is 13.2 Å². The molecule has 0 radical (unpaired) electrons. The smallest absolute Gasteiger partial charge is 0.162 e. The van der Waals surface area contributed by atoms with Gasteiger partial charge in [-0.15, -0.1) is 0 Å². The second kappa shape index (κ2) is 7.84. The summed E-state index contributed by atoms with van der Waals surface area (Å²) in [6.45, 7) is 3.89. The van der Waals surface area contributed by atoms with Gasteiger partial charge in [0.2, 0.25) is 0 Å². The van der Waals surface area contributed by atoms with Crippen LogP contribution in [0.25, 0.3) is 0 Å². The number of rotatable bonds is 7. The molecular weight excluding hydrogens is 304 g/mol. The summed E-state index contributed by atoms with van der Waals surface area (Å²) in [7, 11) is 0. The Bertz CT molecular complexity index is 688. The van der Waals surface area contributed by atoms with Gasteiger partial charge in [0.1, 0.15) is 5.84 Å². The highest BCUT2D eigenvalue weighted by Gasteiger charge is 2.29. The van der Waals surface area contributed by atoms with E-state index in [4.69, 9.17) is 9.47 Å². The lowest BCUT2D eigenvalue weighted by atomic mass is 10.0. The van der Waals surface area contributed by atoms with Crippen molar-refractivity contribution in [3.63, 3.8) is 0 Å². The fraction of sp³-hybridized carbons (Fsp3) is 0.316. The molecule has 0 spiro atoms. The summed E-state index contributed by atoms with van der Waals surface area (Å²) in [6.07, 6.45) is -1.44. The van der Waals surface area contributed by atoms with E-state index < -0.39 is 12.2 Å². The Morgan fingerprint density at radius 3 is 2.46 bits per heavy atom. The van der Waals surface area contributed by atoms with Crippen LogP contribution in [0.1, 0.15) is 18.6 Å². The molecule has 2 aromatic rings. The first kappa shape index (κ1) is 16.3. The minimum absolute atomic E-state index is 0.549. The van der Waals surface area contributed by atoms with Crippen molar-refractivity contribution in [2.24, 2.45) is 4.99 Å². The van der Waals surface area contributed by atoms with Gasteiger partial charge >= 0.3 is 0 Å². The maximum absolute atomic E-state index is 10.8. The fourth-order valence-electron chi connectivity index (χ4n) is 2.67. The minimum Gasteiger partial charge on any atom is -0.490 e. The highest BCUT2D eigenvalue weighted by Crippen LogP contribution is 2.32. The molecule has 0 amide bonds. The van der Waals surface area contributed by atoms with Gasteiger partial charge < -0.3 is 19.9 Å². The quantitative estimate of drug-likeness (QED) is 0.821. The van der Waals surface area contributed by atoms with Crippen molar-refractivity contribution in [3.8, 4) is 11.5 Å². The van der Waals surface area contributed by atoms with E-state index in [2.05, 4.69) is 10.3 Å². The van der Waals surface area contributed by atoms with E-state index in [1.54, 1.807) is 0 Å². The van der Waals surface area contributed by atoms with Crippen molar-refractivity contribution in [2.75, 3.05) is 19.7 Å². The van der Waals surface area contributed by atoms with Crippen LogP contribution in [0.4, 0.5) is 0 Å². The number of para-hydroxylation sites is 2. The van der Waals surface area contributed by atoms with Crippen molar-refractivity contribution in [3.05, 3.63) is 60.2 Å². The summed E-state index contributed by atoms with van der Waals surface area (Å²) >= 11 is 0. The zero-order valence-electron chi connectivity index (χ0n) is 13.7. The molecule has 0 aromatic heterocycles. The number of aliphatic hydroxyl groups is 1. The van der Waals surface area contributed by atoms with Gasteiger partial charge in [-0.25, -0.2) is 0 Å². The van der Waals surface area contributed by atoms with Crippen molar-refractivity contribution >= 4 is 5.84 Å². The molecule has 2 N–H and O–H groups in total. The van der Waals surface area contributed by atoms with E-state index in [-0.39, 0.29) is 0 Å². The van der Waals surface area contributed by atoms with E-state index in [1.807, 2.05) is 61.5 Å². The van der Waals surface area contributed by atoms with Crippen LogP contribution >= 0.6 is 0 Å². The SMILES string of the molecule is CCOc1ccccc1OC(c1ccccc1)C(O)C1=NCCN1. The molecular formula is C19H22N2O3. The molecule has 0 saturated carbocycles. The second-order valence-corrected chi connectivity index (χ2v) is 5.47. The first-order valence-corrected chi connectivity index (χ1v) is 8.19. The van der Waals surface area contributed by atoms with Crippen molar-refractivity contribution in [2.45, 2.75) is 19.1 Å². The van der Waals surface area contributed by atoms with Crippen molar-refractivity contribution in [1.29, 1.82) is 0 Å². The Balaban J connectivity index is 1.90. The van der Waals surface area contributed by atoms with Crippen LogP contribution in [-0.4, -0.2) is 36.7 Å². The molecule has 1 aliphatic heterocycles. The number of amidine groups is 1. The predicted molar refractivity (Wildman–Crippen MR) is 93.7 cm³/mol. The first-order valence-electron chi connectivity index (χ1n) is 8.19. The molecule has 2 atom stereocenters. The lowest BCUT2D eigenvalue weighted by molar-refractivity contribution is 0.0744. The standard InChI is InChI=1S/C19H22N2O3/c1-2-23-15-10-6-7-11-16(15)24-18(14-8-4-3-5-9-14)17(22)19-20-12-13-21-19/h3-11,17-18,22H,2,12-13H2,1H3,(H,20,21). The van der Waals surface area contributed by atoms with Crippen LogP contribution in [0.15, 0.2) is 59.6 Å². The molecule has 3 rings (SSSR count). The van der Waals surface area contributed by atoms with Crippen LogP contribution in [0.2, 0.25) is 0 Å². The molecule has 24 heavy (non-hydrogen) atoms. The highest BCUT2D eigenvalue weighted by atomic mass is 16.5. The zero-order valence-corrected chi connectivity index (χ0v) is 13.7. The molecule has 2 aromatic carbocycles. The predicted octanol–water partition coefficient (Wildman–Crippen LogP) is 2.57. The van der Waals surface area contributed by atoms with Crippen molar-refractivity contribution in [1.82, 2.24) is 5.32 Å². The third-order valence-corrected chi connectivity index (χ3v) is 3.80. The van der Waals surface area contributed by atoms with Crippen molar-refractivity contribution < 1.29 is 14.6 Å². The summed E-state index contributed by atoms with van der Waals surface area (Å²) < 4.78 is 11.8. The molecule has 126 valence electrons. The third-order valence-electron chi connectivity index (χ3n) is 3.80. The number of hydrogen-bond donors (Lipinski definition) is 2. The maximum Gasteiger partial charge on any atom is 0.162 e. The summed E-state index contributed by atoms with van der Waals surface area (Å²) in [5.41, 5.74) is 0.882. The number of nitrogens with one attached hydrogen (secondary N) is 1. The van der Waals surface area contributed by atoms with Gasteiger partial charge in [-0.1, -0.05) is 42.5 Å². The Labute approximate surface area is 142 Å². The summed E-state index contributed by atoms with van der Waals surface area (Å²) in [5, 5.41) is 13.9. The van der Waals surface area contributed by atoms with Crippen LogP contribution in [0.3, 0.4) is 0 Å². The highest BCUT2D eigenvalue weighted by molar-refractivity contribution is 5.88. The van der Waals surface area contributed by atoms with Gasteiger partial charge in [0, 0.05) is 6.54 Å². The van der Waals surface area contributed by atoms with Gasteiger partial charge in [-0.3, -0.25) is 4.99 Å². The lowest BCUT2D eigenvalue weighted by Crippen LogP contribution is -2.38. The molecule has 1 aliphatic rings. The Morgan fingerprint density at radius 1 is 1.08 bits per heavy atom. The lowest BCUT2D eigenvalue weighted by Gasteiger charge is -2.25. The van der Waals surface area contributed by atoms with Gasteiger partial charge in [0.25, 0.3) is 0 Å². The van der Waals surface area contributed by atoms with E-state index in [0.717, 1.165) is 12.1 Å². The van der Waals surface area contributed by atoms with Crippen LogP contribution in [-0.2, 0) is 0 Å². The molecule has 1 heterocycles. The van der Waals surface area contributed by atoms with E-state index in [9.17, 15) is 5.11 Å². The van der Waals surface area contributed by atoms with Crippen LogP contribution < -0.4 is 14.8 Å². The molecule has 0 bridgehead atoms. The average Bonchev–Trinajstić information content (AvgIpc) is 3.16. The Hall–Kier alpha value is -2.53. The molecule has 0 saturated heterocycles. The number of ether oxygens (including phenoxy) is 2. The van der Waals surface area contributed by atoms with Gasteiger partial charge in [-0.05, 0) is 24.6 Å². The Kier molecular flexibility index (Phi) is 5.33. The van der Waals surface area contributed by atoms with E-state index in [1.165, 1.54) is 0 Å².